The summed E-state index contributed by atoms with van der Waals surface area (Å²) >= 11 is 7.65. The fraction of sp³-hybridized carbons (Fsp3) is 0.348. The number of rotatable bonds is 5. The average Bonchev–Trinajstić information content (AvgIpc) is 3.35. The summed E-state index contributed by atoms with van der Waals surface area (Å²) in [5.74, 6) is 0. The Morgan fingerprint density at radius 3 is 2.75 bits per heavy atom. The maximum Gasteiger partial charge on any atom is 0.173 e. The summed E-state index contributed by atoms with van der Waals surface area (Å²) in [7, 11) is 2.12. The summed E-state index contributed by atoms with van der Waals surface area (Å²) in [6.07, 6.45) is 9.38. The molecule has 28 heavy (non-hydrogen) atoms. The van der Waals surface area contributed by atoms with E-state index in [0.717, 1.165) is 17.3 Å². The van der Waals surface area contributed by atoms with Gasteiger partial charge in [0.25, 0.3) is 0 Å². The number of anilines is 1. The van der Waals surface area contributed by atoms with E-state index in [-0.39, 0.29) is 0 Å². The van der Waals surface area contributed by atoms with Crippen molar-refractivity contribution in [3.8, 4) is 0 Å². The van der Waals surface area contributed by atoms with Crippen LogP contribution in [0.5, 0.6) is 0 Å². The van der Waals surface area contributed by atoms with Crippen molar-refractivity contribution in [1.82, 2.24) is 9.47 Å². The number of para-hydroxylation sites is 1. The molecule has 0 amide bonds. The van der Waals surface area contributed by atoms with Gasteiger partial charge in [0.1, 0.15) is 0 Å². The van der Waals surface area contributed by atoms with Crippen LogP contribution in [0.4, 0.5) is 5.69 Å². The van der Waals surface area contributed by atoms with E-state index in [2.05, 4.69) is 82.8 Å². The van der Waals surface area contributed by atoms with E-state index < -0.39 is 0 Å². The van der Waals surface area contributed by atoms with Crippen molar-refractivity contribution < 1.29 is 0 Å². The zero-order valence-corrected chi connectivity index (χ0v) is 18.2. The summed E-state index contributed by atoms with van der Waals surface area (Å²) in [4.78, 5) is 3.66. The molecule has 0 radical (unpaired) electrons. The van der Waals surface area contributed by atoms with Crippen molar-refractivity contribution in [3.63, 3.8) is 0 Å². The van der Waals surface area contributed by atoms with E-state index in [1.165, 1.54) is 47.0 Å². The standard InChI is InChI=1S/C23H27N3S2/c1-25-15-17(21-12-5-6-13-22(21)25)16-26(19-9-3-4-10-19)23(27)24-18-8-7-11-20(14-18)28-2/h5-8,11-15,19H,3-4,9-10,16H2,1-2H3,(H,24,27). The molecular weight excluding hydrogens is 382 g/mol. The van der Waals surface area contributed by atoms with Crippen molar-refractivity contribution in [3.05, 3.63) is 60.3 Å². The molecule has 5 heteroatoms. The van der Waals surface area contributed by atoms with Crippen molar-refractivity contribution in [1.29, 1.82) is 0 Å². The maximum absolute atomic E-state index is 5.90. The number of hydrogen-bond donors (Lipinski definition) is 1. The number of hydrogen-bond acceptors (Lipinski definition) is 2. The predicted octanol–water partition coefficient (Wildman–Crippen LogP) is 6.04. The van der Waals surface area contributed by atoms with Gasteiger partial charge in [-0.1, -0.05) is 37.1 Å². The number of nitrogens with zero attached hydrogens (tertiary/aromatic N) is 2. The monoisotopic (exact) mass is 409 g/mol. The lowest BCUT2D eigenvalue weighted by Gasteiger charge is -2.31. The van der Waals surface area contributed by atoms with E-state index in [4.69, 9.17) is 12.2 Å². The first-order valence-electron chi connectivity index (χ1n) is 9.90. The van der Waals surface area contributed by atoms with E-state index in [1.807, 2.05) is 0 Å². The van der Waals surface area contributed by atoms with Crippen LogP contribution in [-0.2, 0) is 13.6 Å². The molecule has 1 fully saturated rings. The van der Waals surface area contributed by atoms with Gasteiger partial charge in [0, 0.05) is 47.3 Å². The Hall–Kier alpha value is -1.98. The number of thioether (sulfide) groups is 1. The lowest BCUT2D eigenvalue weighted by Crippen LogP contribution is -2.40. The van der Waals surface area contributed by atoms with Gasteiger partial charge in [-0.25, -0.2) is 0 Å². The number of benzene rings is 2. The lowest BCUT2D eigenvalue weighted by atomic mass is 10.1. The maximum atomic E-state index is 5.90. The molecule has 2 aromatic carbocycles. The SMILES string of the molecule is CSc1cccc(NC(=S)N(Cc2cn(C)c3ccccc23)C2CCCC2)c1. The molecule has 1 saturated carbocycles. The first-order chi connectivity index (χ1) is 13.7. The Morgan fingerprint density at radius 1 is 1.18 bits per heavy atom. The highest BCUT2D eigenvalue weighted by Crippen LogP contribution is 2.29. The summed E-state index contributed by atoms with van der Waals surface area (Å²) in [5.41, 5.74) is 3.68. The molecule has 4 rings (SSSR count). The van der Waals surface area contributed by atoms with E-state index in [9.17, 15) is 0 Å². The predicted molar refractivity (Wildman–Crippen MR) is 125 cm³/mol. The third-order valence-corrected chi connectivity index (χ3v) is 6.73. The summed E-state index contributed by atoms with van der Waals surface area (Å²) < 4.78 is 2.22. The molecule has 1 N–H and O–H groups in total. The van der Waals surface area contributed by atoms with Crippen LogP contribution in [0.25, 0.3) is 10.9 Å². The molecule has 0 spiro atoms. The van der Waals surface area contributed by atoms with Gasteiger partial charge in [-0.05, 0) is 61.1 Å². The fourth-order valence-electron chi connectivity index (χ4n) is 4.21. The van der Waals surface area contributed by atoms with Crippen molar-refractivity contribution in [2.45, 2.75) is 43.2 Å². The minimum absolute atomic E-state index is 0.516. The minimum Gasteiger partial charge on any atom is -0.350 e. The van der Waals surface area contributed by atoms with Crippen LogP contribution in [0.15, 0.2) is 59.6 Å². The molecule has 0 atom stereocenters. The Balaban J connectivity index is 1.60. The van der Waals surface area contributed by atoms with Gasteiger partial charge in [-0.2, -0.15) is 0 Å². The van der Waals surface area contributed by atoms with E-state index >= 15 is 0 Å². The number of fused-ring (bicyclic) bond motifs is 1. The Morgan fingerprint density at radius 2 is 1.96 bits per heavy atom. The quantitative estimate of drug-likeness (QED) is 0.409. The van der Waals surface area contributed by atoms with Crippen LogP contribution in [0.1, 0.15) is 31.2 Å². The second kappa shape index (κ2) is 8.58. The van der Waals surface area contributed by atoms with Gasteiger partial charge >= 0.3 is 0 Å². The molecular formula is C23H27N3S2. The highest BCUT2D eigenvalue weighted by atomic mass is 32.2. The minimum atomic E-state index is 0.516. The molecule has 146 valence electrons. The topological polar surface area (TPSA) is 20.2 Å². The second-order valence-corrected chi connectivity index (χ2v) is 8.78. The van der Waals surface area contributed by atoms with E-state index in [1.54, 1.807) is 11.8 Å². The van der Waals surface area contributed by atoms with Crippen LogP contribution in [0.2, 0.25) is 0 Å². The summed E-state index contributed by atoms with van der Waals surface area (Å²) in [5, 5.41) is 5.66. The van der Waals surface area contributed by atoms with Crippen molar-refractivity contribution >= 4 is 45.7 Å². The molecule has 0 bridgehead atoms. The van der Waals surface area contributed by atoms with Crippen LogP contribution >= 0.6 is 24.0 Å². The Kier molecular flexibility index (Phi) is 5.93. The smallest absolute Gasteiger partial charge is 0.173 e. The number of aromatic nitrogens is 1. The largest absolute Gasteiger partial charge is 0.350 e. The third-order valence-electron chi connectivity index (χ3n) is 5.67. The van der Waals surface area contributed by atoms with Gasteiger partial charge in [0.05, 0.1) is 0 Å². The molecule has 1 heterocycles. The van der Waals surface area contributed by atoms with Crippen molar-refractivity contribution in [2.24, 2.45) is 7.05 Å². The van der Waals surface area contributed by atoms with Crippen LogP contribution in [0, 0.1) is 0 Å². The molecule has 0 unspecified atom stereocenters. The highest BCUT2D eigenvalue weighted by Gasteiger charge is 2.26. The second-order valence-electron chi connectivity index (χ2n) is 7.51. The van der Waals surface area contributed by atoms with Crippen LogP contribution in [0.3, 0.4) is 0 Å². The number of aryl methyl sites for hydroxylation is 1. The molecule has 1 aliphatic carbocycles. The first kappa shape index (κ1) is 19.3. The van der Waals surface area contributed by atoms with Crippen LogP contribution in [-0.4, -0.2) is 26.9 Å². The lowest BCUT2D eigenvalue weighted by molar-refractivity contribution is 0.313. The Bertz CT molecular complexity index is 973. The molecule has 3 aromatic rings. The molecule has 0 aliphatic heterocycles. The van der Waals surface area contributed by atoms with Gasteiger partial charge < -0.3 is 14.8 Å². The first-order valence-corrected chi connectivity index (χ1v) is 11.5. The van der Waals surface area contributed by atoms with Gasteiger partial charge in [-0.15, -0.1) is 11.8 Å². The zero-order chi connectivity index (χ0) is 19.5. The summed E-state index contributed by atoms with van der Waals surface area (Å²) in [6, 6.07) is 17.6. The zero-order valence-electron chi connectivity index (χ0n) is 16.5. The molecule has 0 saturated heterocycles. The van der Waals surface area contributed by atoms with Gasteiger partial charge in [-0.3, -0.25) is 0 Å². The highest BCUT2D eigenvalue weighted by molar-refractivity contribution is 7.98. The molecule has 1 aromatic heterocycles. The molecule has 3 nitrogen and oxygen atoms in total. The van der Waals surface area contributed by atoms with Gasteiger partial charge in [0.15, 0.2) is 5.11 Å². The van der Waals surface area contributed by atoms with Crippen molar-refractivity contribution in [2.75, 3.05) is 11.6 Å². The molecule has 1 aliphatic rings. The van der Waals surface area contributed by atoms with Gasteiger partial charge in [0.2, 0.25) is 0 Å². The Labute approximate surface area is 177 Å². The number of nitrogens with one attached hydrogen (secondary N) is 1. The van der Waals surface area contributed by atoms with Crippen LogP contribution < -0.4 is 5.32 Å². The van der Waals surface area contributed by atoms with E-state index in [0.29, 0.717) is 6.04 Å². The average molecular weight is 410 g/mol. The fourth-order valence-corrected chi connectivity index (χ4v) is 5.00. The normalized spacial score (nSPS) is 14.5. The number of thiocarbonyl (C=S) groups is 1. The third kappa shape index (κ3) is 4.06. The summed E-state index contributed by atoms with van der Waals surface area (Å²) in [6.45, 7) is 0.847.